The van der Waals surface area contributed by atoms with Crippen molar-refractivity contribution in [2.24, 2.45) is 0 Å². The van der Waals surface area contributed by atoms with Gasteiger partial charge in [-0.3, -0.25) is 0 Å². The van der Waals surface area contributed by atoms with Crippen LogP contribution >= 0.6 is 0 Å². The summed E-state index contributed by atoms with van der Waals surface area (Å²) < 4.78 is 0. The average Bonchev–Trinajstić information content (AvgIpc) is 2.30. The van der Waals surface area contributed by atoms with Gasteiger partial charge in [-0.25, -0.2) is 4.98 Å². The highest BCUT2D eigenvalue weighted by atomic mass is 14.7. The van der Waals surface area contributed by atoms with Gasteiger partial charge in [0.15, 0.2) is 0 Å². The van der Waals surface area contributed by atoms with Gasteiger partial charge in [-0.05, 0) is 24.1 Å². The molecular weight excluding hydrogens is 184 g/mol. The SMILES string of the molecule is Cc1cc(C#N)ncc1-c1ccccc1. The fraction of sp³-hybridized carbons (Fsp3) is 0.0769. The third-order valence-electron chi connectivity index (χ3n) is 2.31. The molecule has 0 fully saturated rings. The maximum Gasteiger partial charge on any atom is 0.140 e. The molecule has 0 aliphatic carbocycles. The maximum atomic E-state index is 8.71. The van der Waals surface area contributed by atoms with E-state index in [1.54, 1.807) is 6.20 Å². The van der Waals surface area contributed by atoms with E-state index >= 15 is 0 Å². The van der Waals surface area contributed by atoms with Crippen LogP contribution in [0.2, 0.25) is 0 Å². The van der Waals surface area contributed by atoms with Gasteiger partial charge in [-0.2, -0.15) is 5.26 Å². The lowest BCUT2D eigenvalue weighted by molar-refractivity contribution is 1.23. The van der Waals surface area contributed by atoms with Gasteiger partial charge in [0.05, 0.1) is 0 Å². The second-order valence-corrected chi connectivity index (χ2v) is 3.36. The highest BCUT2D eigenvalue weighted by Gasteiger charge is 2.02. The molecule has 2 nitrogen and oxygen atoms in total. The lowest BCUT2D eigenvalue weighted by Crippen LogP contribution is -1.88. The number of rotatable bonds is 1. The van der Waals surface area contributed by atoms with Crippen LogP contribution in [0.3, 0.4) is 0 Å². The Labute approximate surface area is 88.8 Å². The molecule has 2 heteroatoms. The molecule has 1 aromatic carbocycles. The van der Waals surface area contributed by atoms with Crippen LogP contribution in [0.4, 0.5) is 0 Å². The van der Waals surface area contributed by atoms with E-state index in [0.717, 1.165) is 16.7 Å². The van der Waals surface area contributed by atoms with Crippen molar-refractivity contribution in [3.63, 3.8) is 0 Å². The van der Waals surface area contributed by atoms with E-state index in [-0.39, 0.29) is 0 Å². The van der Waals surface area contributed by atoms with Gasteiger partial charge in [-0.15, -0.1) is 0 Å². The summed E-state index contributed by atoms with van der Waals surface area (Å²) in [5.74, 6) is 0. The molecule has 0 spiro atoms. The molecule has 0 amide bonds. The predicted molar refractivity (Wildman–Crippen MR) is 59.1 cm³/mol. The normalized spacial score (nSPS) is 9.60. The second-order valence-electron chi connectivity index (χ2n) is 3.36. The van der Waals surface area contributed by atoms with Gasteiger partial charge in [0.2, 0.25) is 0 Å². The maximum absolute atomic E-state index is 8.71. The second kappa shape index (κ2) is 3.93. The van der Waals surface area contributed by atoms with Gasteiger partial charge in [0.25, 0.3) is 0 Å². The zero-order valence-corrected chi connectivity index (χ0v) is 8.44. The topological polar surface area (TPSA) is 36.7 Å². The molecule has 0 bridgehead atoms. The Morgan fingerprint density at radius 3 is 2.53 bits per heavy atom. The molecular formula is C13H10N2. The number of aromatic nitrogens is 1. The van der Waals surface area contributed by atoms with E-state index < -0.39 is 0 Å². The van der Waals surface area contributed by atoms with Gasteiger partial charge in [0, 0.05) is 11.8 Å². The molecule has 0 radical (unpaired) electrons. The number of pyridine rings is 1. The van der Waals surface area contributed by atoms with Crippen molar-refractivity contribution in [3.8, 4) is 17.2 Å². The molecule has 2 aromatic rings. The highest BCUT2D eigenvalue weighted by molar-refractivity contribution is 5.66. The first-order valence-corrected chi connectivity index (χ1v) is 4.73. The van der Waals surface area contributed by atoms with Crippen LogP contribution < -0.4 is 0 Å². The summed E-state index contributed by atoms with van der Waals surface area (Å²) in [6.07, 6.45) is 1.75. The van der Waals surface area contributed by atoms with Crippen LogP contribution in [-0.4, -0.2) is 4.98 Å². The van der Waals surface area contributed by atoms with E-state index in [1.165, 1.54) is 0 Å². The zero-order chi connectivity index (χ0) is 10.7. The highest BCUT2D eigenvalue weighted by Crippen LogP contribution is 2.22. The summed E-state index contributed by atoms with van der Waals surface area (Å²) in [7, 11) is 0. The summed E-state index contributed by atoms with van der Waals surface area (Å²) in [6, 6.07) is 13.9. The van der Waals surface area contributed by atoms with Crippen LogP contribution in [-0.2, 0) is 0 Å². The summed E-state index contributed by atoms with van der Waals surface area (Å²) in [6.45, 7) is 1.99. The lowest BCUT2D eigenvalue weighted by Gasteiger charge is -2.04. The molecule has 1 aromatic heterocycles. The molecule has 15 heavy (non-hydrogen) atoms. The Balaban J connectivity index is 2.52. The molecule has 72 valence electrons. The lowest BCUT2D eigenvalue weighted by atomic mass is 10.0. The third kappa shape index (κ3) is 1.87. The van der Waals surface area contributed by atoms with Gasteiger partial charge >= 0.3 is 0 Å². The predicted octanol–water partition coefficient (Wildman–Crippen LogP) is 2.93. The quantitative estimate of drug-likeness (QED) is 0.699. The largest absolute Gasteiger partial charge is 0.245 e. The van der Waals surface area contributed by atoms with Crippen molar-refractivity contribution >= 4 is 0 Å². The zero-order valence-electron chi connectivity index (χ0n) is 8.44. The Bertz CT molecular complexity index is 510. The molecule has 1 heterocycles. The van der Waals surface area contributed by atoms with Crippen molar-refractivity contribution in [3.05, 3.63) is 53.9 Å². The minimum Gasteiger partial charge on any atom is -0.245 e. The molecule has 2 rings (SSSR count). The summed E-state index contributed by atoms with van der Waals surface area (Å²) in [5.41, 5.74) is 3.75. The smallest absolute Gasteiger partial charge is 0.140 e. The van der Waals surface area contributed by atoms with Crippen LogP contribution in [0.25, 0.3) is 11.1 Å². The Hall–Kier alpha value is -2.14. The van der Waals surface area contributed by atoms with E-state index in [0.29, 0.717) is 5.69 Å². The molecule has 0 aliphatic rings. The number of nitrogens with zero attached hydrogens (tertiary/aromatic N) is 2. The Kier molecular flexibility index (Phi) is 2.47. The Morgan fingerprint density at radius 1 is 1.20 bits per heavy atom. The first-order valence-electron chi connectivity index (χ1n) is 4.73. The van der Waals surface area contributed by atoms with Gasteiger partial charge in [-0.1, -0.05) is 30.3 Å². The van der Waals surface area contributed by atoms with Crippen molar-refractivity contribution in [1.82, 2.24) is 4.98 Å². The molecule has 0 aliphatic heterocycles. The van der Waals surface area contributed by atoms with Crippen molar-refractivity contribution in [2.45, 2.75) is 6.92 Å². The molecule has 0 N–H and O–H groups in total. The first-order chi connectivity index (χ1) is 7.31. The molecule has 0 atom stereocenters. The summed E-state index contributed by atoms with van der Waals surface area (Å²) >= 11 is 0. The monoisotopic (exact) mass is 194 g/mol. The van der Waals surface area contributed by atoms with Crippen LogP contribution in [0.15, 0.2) is 42.6 Å². The van der Waals surface area contributed by atoms with Crippen molar-refractivity contribution in [1.29, 1.82) is 5.26 Å². The van der Waals surface area contributed by atoms with Gasteiger partial charge < -0.3 is 0 Å². The summed E-state index contributed by atoms with van der Waals surface area (Å²) in [4.78, 5) is 4.07. The Morgan fingerprint density at radius 2 is 1.93 bits per heavy atom. The number of benzene rings is 1. The van der Waals surface area contributed by atoms with Crippen molar-refractivity contribution < 1.29 is 0 Å². The van der Waals surface area contributed by atoms with E-state index in [9.17, 15) is 0 Å². The van der Waals surface area contributed by atoms with Crippen LogP contribution in [0, 0.1) is 18.3 Å². The standard InChI is InChI=1S/C13H10N2/c1-10-7-12(8-14)15-9-13(10)11-5-3-2-4-6-11/h2-7,9H,1H3. The fourth-order valence-corrected chi connectivity index (χ4v) is 1.54. The average molecular weight is 194 g/mol. The third-order valence-corrected chi connectivity index (χ3v) is 2.31. The van der Waals surface area contributed by atoms with E-state index in [2.05, 4.69) is 4.98 Å². The van der Waals surface area contributed by atoms with Crippen LogP contribution in [0.1, 0.15) is 11.3 Å². The number of hydrogen-bond acceptors (Lipinski definition) is 2. The summed E-state index contributed by atoms with van der Waals surface area (Å²) in [5, 5.41) is 8.71. The molecule has 0 saturated heterocycles. The van der Waals surface area contributed by atoms with E-state index in [4.69, 9.17) is 5.26 Å². The minimum absolute atomic E-state index is 0.465. The van der Waals surface area contributed by atoms with E-state index in [1.807, 2.05) is 49.4 Å². The first kappa shape index (κ1) is 9.42. The fourth-order valence-electron chi connectivity index (χ4n) is 1.54. The number of aryl methyl sites for hydroxylation is 1. The molecule has 0 saturated carbocycles. The minimum atomic E-state index is 0.465. The van der Waals surface area contributed by atoms with Gasteiger partial charge in [0.1, 0.15) is 11.8 Å². The van der Waals surface area contributed by atoms with Crippen LogP contribution in [0.5, 0.6) is 0 Å². The molecule has 0 unspecified atom stereocenters. The number of nitriles is 1. The van der Waals surface area contributed by atoms with Crippen molar-refractivity contribution in [2.75, 3.05) is 0 Å². The number of hydrogen-bond donors (Lipinski definition) is 0.